The second kappa shape index (κ2) is 8.34. The van der Waals surface area contributed by atoms with Gasteiger partial charge in [-0.3, -0.25) is 4.98 Å². The highest BCUT2D eigenvalue weighted by Gasteiger charge is 2.30. The summed E-state index contributed by atoms with van der Waals surface area (Å²) in [7, 11) is 0. The minimum atomic E-state index is -4.44. The third-order valence-electron chi connectivity index (χ3n) is 5.70. The van der Waals surface area contributed by atoms with E-state index in [1.54, 1.807) is 12.1 Å². The monoisotopic (exact) mass is 433 g/mol. The summed E-state index contributed by atoms with van der Waals surface area (Å²) >= 11 is 0. The Morgan fingerprint density at radius 1 is 1.10 bits per heavy atom. The number of fused-ring (bicyclic) bond motifs is 1. The summed E-state index contributed by atoms with van der Waals surface area (Å²) in [5.74, 6) is -0.362. The van der Waals surface area contributed by atoms with Crippen LogP contribution in [-0.2, 0) is 6.18 Å². The molecule has 2 N–H and O–H groups in total. The van der Waals surface area contributed by atoms with Crippen LogP contribution in [0.3, 0.4) is 0 Å². The summed E-state index contributed by atoms with van der Waals surface area (Å²) in [6.07, 6.45) is -2.01. The molecule has 31 heavy (non-hydrogen) atoms. The van der Waals surface area contributed by atoms with Gasteiger partial charge in [0.15, 0.2) is 0 Å². The van der Waals surface area contributed by atoms with Crippen molar-refractivity contribution < 1.29 is 22.7 Å². The maximum Gasteiger partial charge on any atom is 0.416 e. The average Bonchev–Trinajstić information content (AvgIpc) is 2.73. The number of alkyl halides is 3. The Kier molecular flexibility index (Phi) is 5.75. The van der Waals surface area contributed by atoms with Crippen LogP contribution in [0.2, 0.25) is 0 Å². The zero-order chi connectivity index (χ0) is 22.2. The lowest BCUT2D eigenvalue weighted by atomic mass is 10.0. The number of halogens is 4. The molecule has 0 saturated carbocycles. The van der Waals surface area contributed by atoms with E-state index >= 15 is 0 Å². The van der Waals surface area contributed by atoms with E-state index in [4.69, 9.17) is 0 Å². The molecule has 1 unspecified atom stereocenters. The molecule has 3 aromatic rings. The Morgan fingerprint density at radius 3 is 2.55 bits per heavy atom. The maximum absolute atomic E-state index is 14.1. The summed E-state index contributed by atoms with van der Waals surface area (Å²) in [5.41, 5.74) is 1.73. The number of rotatable bonds is 4. The Morgan fingerprint density at radius 2 is 1.84 bits per heavy atom. The number of piperidine rings is 1. The number of aliphatic hydroxyl groups is 1. The van der Waals surface area contributed by atoms with Crippen LogP contribution in [0, 0.1) is 5.82 Å². The van der Waals surface area contributed by atoms with E-state index in [2.05, 4.69) is 15.2 Å². The smallest absolute Gasteiger partial charge is 0.393 e. The molecule has 0 aliphatic carbocycles. The molecular formula is C23H23F4N3O. The number of benzene rings is 2. The lowest BCUT2D eigenvalue weighted by Gasteiger charge is -2.34. The molecule has 4 rings (SSSR count). The molecule has 1 aliphatic rings. The Hall–Kier alpha value is -2.87. The predicted octanol–water partition coefficient (Wildman–Crippen LogP) is 5.53. The fraction of sp³-hybridized carbons (Fsp3) is 0.348. The van der Waals surface area contributed by atoms with Gasteiger partial charge in [-0.2, -0.15) is 13.2 Å². The zero-order valence-electron chi connectivity index (χ0n) is 17.0. The topological polar surface area (TPSA) is 48.4 Å². The van der Waals surface area contributed by atoms with E-state index in [-0.39, 0.29) is 23.5 Å². The number of nitrogens with zero attached hydrogens (tertiary/aromatic N) is 2. The molecule has 0 amide bonds. The highest BCUT2D eigenvalue weighted by molar-refractivity contribution is 5.91. The molecule has 2 heterocycles. The van der Waals surface area contributed by atoms with Gasteiger partial charge in [0.2, 0.25) is 0 Å². The first-order chi connectivity index (χ1) is 14.7. The van der Waals surface area contributed by atoms with E-state index in [0.29, 0.717) is 37.0 Å². The quantitative estimate of drug-likeness (QED) is 0.532. The first kappa shape index (κ1) is 21.4. The fourth-order valence-electron chi connectivity index (χ4n) is 4.03. The van der Waals surface area contributed by atoms with Gasteiger partial charge in [0.25, 0.3) is 0 Å². The van der Waals surface area contributed by atoms with E-state index in [0.717, 1.165) is 23.4 Å². The van der Waals surface area contributed by atoms with Crippen molar-refractivity contribution in [3.05, 3.63) is 65.6 Å². The minimum absolute atomic E-state index is 0.233. The number of anilines is 2. The number of pyridine rings is 1. The second-order valence-corrected chi connectivity index (χ2v) is 7.88. The molecule has 1 aliphatic heterocycles. The summed E-state index contributed by atoms with van der Waals surface area (Å²) in [5, 5.41) is 13.7. The highest BCUT2D eigenvalue weighted by atomic mass is 19.4. The first-order valence-corrected chi connectivity index (χ1v) is 10.2. The van der Waals surface area contributed by atoms with E-state index < -0.39 is 11.7 Å². The molecule has 0 radical (unpaired) electrons. The molecule has 0 spiro atoms. The zero-order valence-corrected chi connectivity index (χ0v) is 17.0. The van der Waals surface area contributed by atoms with Gasteiger partial charge < -0.3 is 15.3 Å². The van der Waals surface area contributed by atoms with Crippen LogP contribution < -0.4 is 10.2 Å². The van der Waals surface area contributed by atoms with Crippen molar-refractivity contribution in [2.24, 2.45) is 0 Å². The number of hydrogen-bond donors (Lipinski definition) is 2. The van der Waals surface area contributed by atoms with Gasteiger partial charge in [-0.15, -0.1) is 0 Å². The molecule has 1 fully saturated rings. The van der Waals surface area contributed by atoms with Crippen LogP contribution in [0.15, 0.2) is 48.7 Å². The maximum atomic E-state index is 14.1. The van der Waals surface area contributed by atoms with Gasteiger partial charge in [-0.25, -0.2) is 4.39 Å². The Bertz CT molecular complexity index is 1080. The fourth-order valence-corrected chi connectivity index (χ4v) is 4.03. The van der Waals surface area contributed by atoms with Crippen molar-refractivity contribution in [1.29, 1.82) is 0 Å². The van der Waals surface area contributed by atoms with Crippen LogP contribution in [0.25, 0.3) is 10.9 Å². The lowest BCUT2D eigenvalue weighted by Crippen LogP contribution is -2.36. The Balaban J connectivity index is 1.65. The Labute approximate surface area is 177 Å². The van der Waals surface area contributed by atoms with Gasteiger partial charge >= 0.3 is 6.18 Å². The number of nitrogens with one attached hydrogen (secondary N) is 1. The van der Waals surface area contributed by atoms with Crippen molar-refractivity contribution >= 4 is 22.3 Å². The summed E-state index contributed by atoms with van der Waals surface area (Å²) in [6.45, 7) is 3.23. The molecule has 8 heteroatoms. The summed E-state index contributed by atoms with van der Waals surface area (Å²) < 4.78 is 53.2. The molecule has 4 nitrogen and oxygen atoms in total. The summed E-state index contributed by atoms with van der Waals surface area (Å²) in [6, 6.07) is 9.47. The molecule has 2 aromatic carbocycles. The largest absolute Gasteiger partial charge is 0.416 e. The normalized spacial score (nSPS) is 16.5. The van der Waals surface area contributed by atoms with Gasteiger partial charge in [-0.1, -0.05) is 6.07 Å². The van der Waals surface area contributed by atoms with Gasteiger partial charge in [0.1, 0.15) is 5.82 Å². The van der Waals surface area contributed by atoms with Crippen LogP contribution >= 0.6 is 0 Å². The summed E-state index contributed by atoms with van der Waals surface area (Å²) in [4.78, 5) is 6.20. The predicted molar refractivity (Wildman–Crippen MR) is 113 cm³/mol. The highest BCUT2D eigenvalue weighted by Crippen LogP contribution is 2.35. The minimum Gasteiger partial charge on any atom is -0.393 e. The van der Waals surface area contributed by atoms with Crippen molar-refractivity contribution in [1.82, 2.24) is 4.98 Å². The van der Waals surface area contributed by atoms with Crippen LogP contribution in [0.1, 0.15) is 36.9 Å². The van der Waals surface area contributed by atoms with Crippen molar-refractivity contribution in [2.75, 3.05) is 23.3 Å². The van der Waals surface area contributed by atoms with Crippen molar-refractivity contribution in [3.63, 3.8) is 0 Å². The van der Waals surface area contributed by atoms with Crippen LogP contribution in [0.4, 0.5) is 28.9 Å². The van der Waals surface area contributed by atoms with Crippen LogP contribution in [-0.4, -0.2) is 29.3 Å². The lowest BCUT2D eigenvalue weighted by molar-refractivity contribution is -0.137. The molecule has 0 bridgehead atoms. The molecule has 1 aromatic heterocycles. The van der Waals surface area contributed by atoms with Gasteiger partial charge in [-0.05, 0) is 56.2 Å². The van der Waals surface area contributed by atoms with E-state index in [9.17, 15) is 22.7 Å². The molecule has 164 valence electrons. The third-order valence-corrected chi connectivity index (χ3v) is 5.70. The third kappa shape index (κ3) is 4.58. The molecular weight excluding hydrogens is 410 g/mol. The van der Waals surface area contributed by atoms with Gasteiger partial charge in [0.05, 0.1) is 23.2 Å². The van der Waals surface area contributed by atoms with Crippen molar-refractivity contribution in [2.45, 2.75) is 38.1 Å². The van der Waals surface area contributed by atoms with E-state index in [1.165, 1.54) is 24.4 Å². The molecule has 1 atom stereocenters. The average molecular weight is 433 g/mol. The first-order valence-electron chi connectivity index (χ1n) is 10.2. The van der Waals surface area contributed by atoms with E-state index in [1.807, 2.05) is 6.92 Å². The molecule has 1 saturated heterocycles. The van der Waals surface area contributed by atoms with Gasteiger partial charge in [0, 0.05) is 41.6 Å². The van der Waals surface area contributed by atoms with Crippen LogP contribution in [0.5, 0.6) is 0 Å². The van der Waals surface area contributed by atoms with Crippen molar-refractivity contribution in [3.8, 4) is 0 Å². The number of hydrogen-bond acceptors (Lipinski definition) is 4. The second-order valence-electron chi connectivity index (χ2n) is 7.88. The SMILES string of the molecule is CC(Nc1ccnc2cc(C(F)(F)F)ccc12)c1cc(F)ccc1N1CCC(O)CC1. The number of aromatic nitrogens is 1. The standard InChI is InChI=1S/C23H23F4N3O/c1-14(19-13-16(24)3-5-22(19)30-10-7-17(31)8-11-30)29-20-6-9-28-21-12-15(23(25,26)27)2-4-18(20)21/h2-6,9,12-14,17,31H,7-8,10-11H2,1H3,(H,28,29). The number of aliphatic hydroxyl groups excluding tert-OH is 1.